The second-order valence-corrected chi connectivity index (χ2v) is 2.35. The van der Waals surface area contributed by atoms with Gasteiger partial charge in [-0.2, -0.15) is 0 Å². The molecule has 0 bridgehead atoms. The molecule has 0 rings (SSSR count). The van der Waals surface area contributed by atoms with Gasteiger partial charge in [-0.15, -0.1) is 0 Å². The van der Waals surface area contributed by atoms with E-state index in [1.165, 1.54) is 0 Å². The van der Waals surface area contributed by atoms with E-state index in [4.69, 9.17) is 0 Å². The average molecular weight is 149 g/mol. The van der Waals surface area contributed by atoms with Crippen LogP contribution in [-0.4, -0.2) is 6.72 Å². The molecule has 60 valence electrons. The predicted octanol–water partition coefficient (Wildman–Crippen LogP) is 3.11. The zero-order valence-electron chi connectivity index (χ0n) is 7.30. The number of rotatable bonds is 4. The molecule has 0 saturated heterocycles. The first-order valence-corrected chi connectivity index (χ1v) is 3.70. The average Bonchev–Trinajstić information content (AvgIpc) is 1.97. The van der Waals surface area contributed by atoms with Crippen molar-refractivity contribution in [2.75, 3.05) is 0 Å². The molecule has 0 aromatic carbocycles. The van der Waals surface area contributed by atoms with Gasteiger partial charge in [0.05, 0.1) is 0 Å². The molecule has 0 atom stereocenters. The van der Waals surface area contributed by atoms with Crippen LogP contribution in [0.2, 0.25) is 0 Å². The van der Waals surface area contributed by atoms with Crippen molar-refractivity contribution in [1.82, 2.24) is 0 Å². The molecule has 0 saturated carbocycles. The number of nitrogens with zero attached hydrogens (tertiary/aromatic N) is 1. The van der Waals surface area contributed by atoms with E-state index in [1.54, 1.807) is 6.20 Å². The summed E-state index contributed by atoms with van der Waals surface area (Å²) in [4.78, 5) is 3.63. The molecule has 1 heteroatoms. The van der Waals surface area contributed by atoms with Crippen molar-refractivity contribution >= 4 is 6.72 Å². The van der Waals surface area contributed by atoms with Crippen LogP contribution in [0.25, 0.3) is 0 Å². The highest BCUT2D eigenvalue weighted by Crippen LogP contribution is 2.09. The van der Waals surface area contributed by atoms with Gasteiger partial charge in [-0.1, -0.05) is 25.2 Å². The van der Waals surface area contributed by atoms with Gasteiger partial charge in [-0.25, -0.2) is 0 Å². The molecule has 0 N–H and O–H groups in total. The Morgan fingerprint density at radius 3 is 2.55 bits per heavy atom. The third-order valence-electron chi connectivity index (χ3n) is 1.28. The Morgan fingerprint density at radius 2 is 2.18 bits per heavy atom. The quantitative estimate of drug-likeness (QED) is 0.430. The van der Waals surface area contributed by atoms with Crippen LogP contribution in [0.1, 0.15) is 20.3 Å². The minimum atomic E-state index is 1.02. The highest BCUT2D eigenvalue weighted by molar-refractivity contribution is 5.37. The summed E-state index contributed by atoms with van der Waals surface area (Å²) in [6.07, 6.45) is 6.72. The van der Waals surface area contributed by atoms with Crippen LogP contribution in [0, 0.1) is 0 Å². The van der Waals surface area contributed by atoms with E-state index in [0.717, 1.165) is 17.6 Å². The smallest absolute Gasteiger partial charge is 0.0266 e. The lowest BCUT2D eigenvalue weighted by molar-refractivity contribution is 1.20. The zero-order chi connectivity index (χ0) is 8.69. The molecule has 0 unspecified atom stereocenters. The van der Waals surface area contributed by atoms with E-state index in [1.807, 2.05) is 13.0 Å². The Kier molecular flexibility index (Phi) is 5.09. The highest BCUT2D eigenvalue weighted by atomic mass is 14.6. The van der Waals surface area contributed by atoms with E-state index in [0.29, 0.717) is 0 Å². The third kappa shape index (κ3) is 4.31. The monoisotopic (exact) mass is 149 g/mol. The molecule has 0 aliphatic carbocycles. The molecule has 0 spiro atoms. The summed E-state index contributed by atoms with van der Waals surface area (Å²) in [6, 6.07) is 0. The third-order valence-corrected chi connectivity index (χ3v) is 1.28. The maximum Gasteiger partial charge on any atom is 0.0266 e. The first-order chi connectivity index (χ1) is 5.22. The molecular formula is C10H15N. The molecule has 0 radical (unpaired) electrons. The van der Waals surface area contributed by atoms with E-state index in [2.05, 4.69) is 31.3 Å². The topological polar surface area (TPSA) is 12.4 Å². The standard InChI is InChI=1S/C10H15N/c1-5-6-10(9(2)3)7-8-11-4/h6-8H,2,4-5H2,1,3H3/b8-7-,10-6-. The summed E-state index contributed by atoms with van der Waals surface area (Å²) in [5.74, 6) is 0. The molecule has 0 fully saturated rings. The second-order valence-electron chi connectivity index (χ2n) is 2.35. The summed E-state index contributed by atoms with van der Waals surface area (Å²) >= 11 is 0. The summed E-state index contributed by atoms with van der Waals surface area (Å²) in [6.45, 7) is 11.3. The maximum absolute atomic E-state index is 3.85. The Morgan fingerprint density at radius 1 is 1.55 bits per heavy atom. The fraction of sp³-hybridized carbons (Fsp3) is 0.300. The fourth-order valence-electron chi connectivity index (χ4n) is 0.737. The predicted molar refractivity (Wildman–Crippen MR) is 51.9 cm³/mol. The second kappa shape index (κ2) is 5.66. The van der Waals surface area contributed by atoms with Crippen molar-refractivity contribution in [3.63, 3.8) is 0 Å². The Balaban J connectivity index is 4.35. The van der Waals surface area contributed by atoms with Crippen LogP contribution in [0.5, 0.6) is 0 Å². The van der Waals surface area contributed by atoms with Crippen molar-refractivity contribution in [3.05, 3.63) is 36.1 Å². The van der Waals surface area contributed by atoms with Crippen LogP contribution < -0.4 is 0 Å². The minimum Gasteiger partial charge on any atom is -0.272 e. The molecule has 0 aromatic rings. The van der Waals surface area contributed by atoms with Crippen LogP contribution in [-0.2, 0) is 0 Å². The van der Waals surface area contributed by atoms with Crippen molar-refractivity contribution in [1.29, 1.82) is 0 Å². The van der Waals surface area contributed by atoms with Crippen molar-refractivity contribution < 1.29 is 0 Å². The number of allylic oxidation sites excluding steroid dienone is 4. The van der Waals surface area contributed by atoms with Gasteiger partial charge in [0.15, 0.2) is 0 Å². The largest absolute Gasteiger partial charge is 0.272 e. The SMILES string of the molecule is C=N/C=C\C(=C\CC)C(=C)C. The summed E-state index contributed by atoms with van der Waals surface area (Å²) in [7, 11) is 0. The van der Waals surface area contributed by atoms with Gasteiger partial charge in [-0.05, 0) is 31.7 Å². The van der Waals surface area contributed by atoms with Crippen LogP contribution in [0.3, 0.4) is 0 Å². The molecular weight excluding hydrogens is 134 g/mol. The Hall–Kier alpha value is -1.11. The van der Waals surface area contributed by atoms with Gasteiger partial charge in [0.25, 0.3) is 0 Å². The molecule has 1 nitrogen and oxygen atoms in total. The Bertz CT molecular complexity index is 197. The summed E-state index contributed by atoms with van der Waals surface area (Å²) in [5, 5.41) is 0. The van der Waals surface area contributed by atoms with Crippen LogP contribution in [0.15, 0.2) is 41.1 Å². The molecule has 0 aliphatic heterocycles. The first kappa shape index (κ1) is 9.89. The van der Waals surface area contributed by atoms with Gasteiger partial charge in [0.1, 0.15) is 0 Å². The first-order valence-electron chi connectivity index (χ1n) is 3.70. The van der Waals surface area contributed by atoms with E-state index >= 15 is 0 Å². The van der Waals surface area contributed by atoms with Gasteiger partial charge >= 0.3 is 0 Å². The van der Waals surface area contributed by atoms with Crippen LogP contribution >= 0.6 is 0 Å². The zero-order valence-corrected chi connectivity index (χ0v) is 7.30. The Labute approximate surface area is 68.9 Å². The van der Waals surface area contributed by atoms with Gasteiger partial charge in [0.2, 0.25) is 0 Å². The lowest BCUT2D eigenvalue weighted by atomic mass is 10.1. The maximum atomic E-state index is 3.85. The van der Waals surface area contributed by atoms with E-state index in [9.17, 15) is 0 Å². The van der Waals surface area contributed by atoms with Gasteiger partial charge in [-0.3, -0.25) is 4.99 Å². The minimum absolute atomic E-state index is 1.02. The lowest BCUT2D eigenvalue weighted by Gasteiger charge is -1.97. The van der Waals surface area contributed by atoms with Crippen LogP contribution in [0.4, 0.5) is 0 Å². The summed E-state index contributed by atoms with van der Waals surface area (Å²) < 4.78 is 0. The lowest BCUT2D eigenvalue weighted by Crippen LogP contribution is -1.77. The normalized spacial score (nSPS) is 12.0. The molecule has 0 aliphatic rings. The van der Waals surface area contributed by atoms with E-state index in [-0.39, 0.29) is 0 Å². The van der Waals surface area contributed by atoms with Crippen molar-refractivity contribution in [2.24, 2.45) is 4.99 Å². The van der Waals surface area contributed by atoms with E-state index < -0.39 is 0 Å². The molecule has 11 heavy (non-hydrogen) atoms. The summed E-state index contributed by atoms with van der Waals surface area (Å²) in [5.41, 5.74) is 2.20. The number of hydrogen-bond acceptors (Lipinski definition) is 1. The number of hydrogen-bond donors (Lipinski definition) is 0. The fourth-order valence-corrected chi connectivity index (χ4v) is 0.737. The number of aliphatic imine (C=N–C) groups is 1. The van der Waals surface area contributed by atoms with Crippen molar-refractivity contribution in [2.45, 2.75) is 20.3 Å². The van der Waals surface area contributed by atoms with Gasteiger partial charge in [0, 0.05) is 6.20 Å². The molecule has 0 heterocycles. The van der Waals surface area contributed by atoms with Gasteiger partial charge < -0.3 is 0 Å². The highest BCUT2D eigenvalue weighted by Gasteiger charge is 1.89. The molecule has 0 amide bonds. The van der Waals surface area contributed by atoms with Crippen molar-refractivity contribution in [3.8, 4) is 0 Å². The molecule has 0 aromatic heterocycles.